The monoisotopic (exact) mass is 296 g/mol. The molecule has 0 aliphatic carbocycles. The fourth-order valence-corrected chi connectivity index (χ4v) is 2.89. The van der Waals surface area contributed by atoms with Crippen molar-refractivity contribution in [3.63, 3.8) is 0 Å². The minimum Gasteiger partial charge on any atom is -0.294 e. The highest BCUT2D eigenvalue weighted by Gasteiger charge is 2.15. The minimum atomic E-state index is -3.26. The first-order valence-electron chi connectivity index (χ1n) is 7.21. The van der Waals surface area contributed by atoms with Crippen LogP contribution in [0.5, 0.6) is 0 Å². The lowest BCUT2D eigenvalue weighted by Gasteiger charge is -2.13. The highest BCUT2D eigenvalue weighted by molar-refractivity contribution is 7.90. The summed E-state index contributed by atoms with van der Waals surface area (Å²) in [4.78, 5) is 12.5. The van der Waals surface area contributed by atoms with Crippen LogP contribution in [0.3, 0.4) is 0 Å². The summed E-state index contributed by atoms with van der Waals surface area (Å²) < 4.78 is 23.0. The Morgan fingerprint density at radius 3 is 2.50 bits per heavy atom. The van der Waals surface area contributed by atoms with Crippen LogP contribution in [0.1, 0.15) is 56.3 Å². The number of benzene rings is 1. The van der Waals surface area contributed by atoms with Crippen LogP contribution < -0.4 is 0 Å². The van der Waals surface area contributed by atoms with Crippen molar-refractivity contribution in [2.45, 2.75) is 50.8 Å². The third kappa shape index (κ3) is 5.08. The van der Waals surface area contributed by atoms with E-state index in [9.17, 15) is 13.2 Å². The summed E-state index contributed by atoms with van der Waals surface area (Å²) >= 11 is 0. The van der Waals surface area contributed by atoms with Gasteiger partial charge < -0.3 is 0 Å². The summed E-state index contributed by atoms with van der Waals surface area (Å²) in [5.74, 6) is 0.433. The average Bonchev–Trinajstić information content (AvgIpc) is 2.42. The summed E-state index contributed by atoms with van der Waals surface area (Å²) in [6.45, 7) is 4.24. The van der Waals surface area contributed by atoms with E-state index in [-0.39, 0.29) is 10.7 Å². The van der Waals surface area contributed by atoms with Crippen molar-refractivity contribution in [2.24, 2.45) is 5.92 Å². The van der Waals surface area contributed by atoms with Crippen molar-refractivity contribution >= 4 is 15.6 Å². The Labute approximate surface area is 122 Å². The molecule has 1 aromatic carbocycles. The molecule has 1 atom stereocenters. The van der Waals surface area contributed by atoms with Gasteiger partial charge in [-0.15, -0.1) is 0 Å². The Balaban J connectivity index is 2.82. The van der Waals surface area contributed by atoms with E-state index in [0.717, 1.165) is 31.9 Å². The molecule has 0 radical (unpaired) electrons. The molecule has 0 heterocycles. The van der Waals surface area contributed by atoms with Crippen LogP contribution in [0.15, 0.2) is 29.2 Å². The van der Waals surface area contributed by atoms with Crippen molar-refractivity contribution < 1.29 is 13.2 Å². The van der Waals surface area contributed by atoms with Crippen molar-refractivity contribution in [1.82, 2.24) is 0 Å². The number of Topliss-reactive ketones (excluding diaryl/α,β-unsaturated/α-hetero) is 1. The fourth-order valence-electron chi connectivity index (χ4n) is 2.22. The molecule has 1 unspecified atom stereocenters. The maximum absolute atomic E-state index is 12.3. The Bertz CT molecular complexity index is 547. The normalized spacial score (nSPS) is 13.2. The molecule has 0 bridgehead atoms. The zero-order chi connectivity index (χ0) is 15.2. The predicted octanol–water partition coefficient (Wildman–Crippen LogP) is 3.88. The Morgan fingerprint density at radius 2 is 1.95 bits per heavy atom. The van der Waals surface area contributed by atoms with Gasteiger partial charge in [-0.2, -0.15) is 0 Å². The second kappa shape index (κ2) is 7.58. The number of hydrogen-bond acceptors (Lipinski definition) is 3. The third-order valence-electron chi connectivity index (χ3n) is 3.60. The van der Waals surface area contributed by atoms with Crippen LogP contribution in [0.25, 0.3) is 0 Å². The lowest BCUT2D eigenvalue weighted by molar-refractivity contribution is 0.0956. The van der Waals surface area contributed by atoms with Gasteiger partial charge in [0.2, 0.25) is 0 Å². The molecule has 112 valence electrons. The molecular formula is C16H24O3S. The van der Waals surface area contributed by atoms with E-state index in [1.54, 1.807) is 12.1 Å². The van der Waals surface area contributed by atoms with Gasteiger partial charge in [0, 0.05) is 18.2 Å². The summed E-state index contributed by atoms with van der Waals surface area (Å²) in [6, 6.07) is 6.35. The maximum Gasteiger partial charge on any atom is 0.175 e. The van der Waals surface area contributed by atoms with Gasteiger partial charge in [-0.3, -0.25) is 4.79 Å². The van der Waals surface area contributed by atoms with E-state index in [1.807, 2.05) is 0 Å². The van der Waals surface area contributed by atoms with E-state index in [2.05, 4.69) is 13.8 Å². The van der Waals surface area contributed by atoms with Gasteiger partial charge in [-0.1, -0.05) is 51.7 Å². The molecule has 0 saturated heterocycles. The lowest BCUT2D eigenvalue weighted by atomic mass is 9.91. The number of ketones is 1. The molecule has 0 aliphatic rings. The second-order valence-electron chi connectivity index (χ2n) is 5.34. The van der Waals surface area contributed by atoms with Gasteiger partial charge >= 0.3 is 0 Å². The van der Waals surface area contributed by atoms with Crippen LogP contribution in [-0.2, 0) is 9.84 Å². The Kier molecular flexibility index (Phi) is 6.40. The number of sulfone groups is 1. The Hall–Kier alpha value is -1.16. The van der Waals surface area contributed by atoms with Crippen LogP contribution >= 0.6 is 0 Å². The first-order valence-corrected chi connectivity index (χ1v) is 9.11. The standard InChI is InChI=1S/C16H24O3S/c1-4-6-8-13(5-2)11-16(17)14-9-7-10-15(12-14)20(3,18)19/h7,9-10,12-13H,4-6,8,11H2,1-3H3. The lowest BCUT2D eigenvalue weighted by Crippen LogP contribution is -2.09. The number of carbonyl (C=O) groups is 1. The van der Waals surface area contributed by atoms with Crippen LogP contribution in [-0.4, -0.2) is 20.5 Å². The van der Waals surface area contributed by atoms with Crippen LogP contribution in [0.4, 0.5) is 0 Å². The van der Waals surface area contributed by atoms with E-state index < -0.39 is 9.84 Å². The van der Waals surface area contributed by atoms with Gasteiger partial charge in [0.1, 0.15) is 0 Å². The molecule has 4 heteroatoms. The molecule has 1 aromatic rings. The van der Waals surface area contributed by atoms with Crippen molar-refractivity contribution in [1.29, 1.82) is 0 Å². The molecule has 0 aromatic heterocycles. The third-order valence-corrected chi connectivity index (χ3v) is 4.71. The quantitative estimate of drug-likeness (QED) is 0.684. The molecule has 20 heavy (non-hydrogen) atoms. The maximum atomic E-state index is 12.3. The number of rotatable bonds is 8. The van der Waals surface area contributed by atoms with Crippen molar-refractivity contribution in [3.8, 4) is 0 Å². The zero-order valence-corrected chi connectivity index (χ0v) is 13.4. The molecule has 1 rings (SSSR count). The first kappa shape index (κ1) is 16.9. The summed E-state index contributed by atoms with van der Waals surface area (Å²) in [5, 5.41) is 0. The minimum absolute atomic E-state index is 0.0402. The molecule has 0 spiro atoms. The SMILES string of the molecule is CCCCC(CC)CC(=O)c1cccc(S(C)(=O)=O)c1. The topological polar surface area (TPSA) is 51.2 Å². The molecule has 0 N–H and O–H groups in total. The molecule has 0 fully saturated rings. The highest BCUT2D eigenvalue weighted by Crippen LogP contribution is 2.20. The summed E-state index contributed by atoms with van der Waals surface area (Å²) in [7, 11) is -3.26. The van der Waals surface area contributed by atoms with Crippen LogP contribution in [0, 0.1) is 5.92 Å². The smallest absolute Gasteiger partial charge is 0.175 e. The predicted molar refractivity (Wildman–Crippen MR) is 81.8 cm³/mol. The molecular weight excluding hydrogens is 272 g/mol. The Morgan fingerprint density at radius 1 is 1.25 bits per heavy atom. The van der Waals surface area contributed by atoms with Crippen molar-refractivity contribution in [3.05, 3.63) is 29.8 Å². The molecule has 3 nitrogen and oxygen atoms in total. The molecule has 0 saturated carbocycles. The number of hydrogen-bond donors (Lipinski definition) is 0. The average molecular weight is 296 g/mol. The van der Waals surface area contributed by atoms with E-state index in [0.29, 0.717) is 17.9 Å². The van der Waals surface area contributed by atoms with Gasteiger partial charge in [0.05, 0.1) is 4.90 Å². The molecule has 0 aliphatic heterocycles. The van der Waals surface area contributed by atoms with E-state index in [4.69, 9.17) is 0 Å². The number of carbonyl (C=O) groups excluding carboxylic acids is 1. The van der Waals surface area contributed by atoms with Gasteiger partial charge in [-0.05, 0) is 18.1 Å². The molecule has 0 amide bonds. The van der Waals surface area contributed by atoms with Gasteiger partial charge in [0.15, 0.2) is 15.6 Å². The fraction of sp³-hybridized carbons (Fsp3) is 0.562. The number of unbranched alkanes of at least 4 members (excludes halogenated alkanes) is 1. The van der Waals surface area contributed by atoms with E-state index in [1.165, 1.54) is 12.1 Å². The largest absolute Gasteiger partial charge is 0.294 e. The van der Waals surface area contributed by atoms with Crippen molar-refractivity contribution in [2.75, 3.05) is 6.26 Å². The second-order valence-corrected chi connectivity index (χ2v) is 7.36. The van der Waals surface area contributed by atoms with Crippen LogP contribution in [0.2, 0.25) is 0 Å². The van der Waals surface area contributed by atoms with Gasteiger partial charge in [0.25, 0.3) is 0 Å². The summed E-state index contributed by atoms with van der Waals surface area (Å²) in [6.07, 6.45) is 5.97. The zero-order valence-electron chi connectivity index (χ0n) is 12.6. The van der Waals surface area contributed by atoms with Gasteiger partial charge in [-0.25, -0.2) is 8.42 Å². The van der Waals surface area contributed by atoms with E-state index >= 15 is 0 Å². The highest BCUT2D eigenvalue weighted by atomic mass is 32.2. The summed E-state index contributed by atoms with van der Waals surface area (Å²) in [5.41, 5.74) is 0.503. The first-order chi connectivity index (χ1) is 9.38.